The van der Waals surface area contributed by atoms with Crippen molar-refractivity contribution in [2.45, 2.75) is 0 Å². The summed E-state index contributed by atoms with van der Waals surface area (Å²) in [5.41, 5.74) is 3.13. The number of likely N-dealkylation sites (N-methyl/N-ethyl adjacent to an activating group) is 1. The van der Waals surface area contributed by atoms with E-state index in [0.29, 0.717) is 33.8 Å². The van der Waals surface area contributed by atoms with Crippen LogP contribution in [0, 0.1) is 0 Å². The number of nitrogens with zero attached hydrogens (tertiary/aromatic N) is 3. The van der Waals surface area contributed by atoms with Crippen LogP contribution in [0.3, 0.4) is 0 Å². The minimum atomic E-state index is -0.412. The average Bonchev–Trinajstić information content (AvgIpc) is 3.42. The molecule has 12 heteroatoms. The van der Waals surface area contributed by atoms with Crippen LogP contribution in [-0.4, -0.2) is 74.0 Å². The van der Waals surface area contributed by atoms with E-state index >= 15 is 0 Å². The minimum Gasteiger partial charge on any atom is -0.495 e. The molecule has 2 aromatic carbocycles. The monoisotopic (exact) mass is 608 g/mol. The van der Waals surface area contributed by atoms with Gasteiger partial charge in [0.05, 0.1) is 41.2 Å². The van der Waals surface area contributed by atoms with Gasteiger partial charge in [-0.3, -0.25) is 9.59 Å². The first-order valence-electron chi connectivity index (χ1n) is 13.1. The number of pyridine rings is 1. The standard InChI is InChI=1S/C30H30Cl2N6O4/c1-5-25(39)35-21-14-17(38-12-10-37(2)11-13-38)6-8-20(21)34-24-9-7-18-19(16-33-30(18)36-24)29(40)26-27(31)22(41-3)15-23(42-4)28(26)32/h5-9,14-16H,1,10-13H2,2-4H3,(H,35,39)(H2,33,34,36). The number of piperazine rings is 1. The fraction of sp³-hybridized carbons (Fsp3) is 0.233. The largest absolute Gasteiger partial charge is 0.495 e. The van der Waals surface area contributed by atoms with Gasteiger partial charge in [0.1, 0.15) is 23.0 Å². The number of benzene rings is 2. The molecule has 0 saturated carbocycles. The molecule has 42 heavy (non-hydrogen) atoms. The van der Waals surface area contributed by atoms with Crippen LogP contribution in [0.2, 0.25) is 10.0 Å². The van der Waals surface area contributed by atoms with Crippen molar-refractivity contribution in [2.24, 2.45) is 0 Å². The summed E-state index contributed by atoms with van der Waals surface area (Å²) in [4.78, 5) is 38.2. The highest BCUT2D eigenvalue weighted by molar-refractivity contribution is 6.43. The van der Waals surface area contributed by atoms with Crippen molar-refractivity contribution in [2.75, 3.05) is 63.0 Å². The summed E-state index contributed by atoms with van der Waals surface area (Å²) < 4.78 is 10.6. The van der Waals surface area contributed by atoms with Gasteiger partial charge in [-0.2, -0.15) is 0 Å². The van der Waals surface area contributed by atoms with E-state index in [4.69, 9.17) is 32.7 Å². The summed E-state index contributed by atoms with van der Waals surface area (Å²) >= 11 is 13.0. The lowest BCUT2D eigenvalue weighted by Crippen LogP contribution is -2.44. The molecule has 4 aromatic rings. The molecule has 1 amide bonds. The van der Waals surface area contributed by atoms with E-state index in [1.165, 1.54) is 26.4 Å². The van der Waals surface area contributed by atoms with Gasteiger partial charge in [-0.25, -0.2) is 4.98 Å². The molecular formula is C30H30Cl2N6O4. The quantitative estimate of drug-likeness (QED) is 0.163. The number of rotatable bonds is 9. The molecule has 3 N–H and O–H groups in total. The maximum atomic E-state index is 13.6. The highest BCUT2D eigenvalue weighted by atomic mass is 35.5. The predicted molar refractivity (Wildman–Crippen MR) is 167 cm³/mol. The molecule has 1 aliphatic rings. The second kappa shape index (κ2) is 12.3. The Morgan fingerprint density at radius 3 is 2.33 bits per heavy atom. The van der Waals surface area contributed by atoms with Gasteiger partial charge in [-0.15, -0.1) is 0 Å². The number of halogens is 2. The lowest BCUT2D eigenvalue weighted by atomic mass is 10.0. The number of nitrogens with one attached hydrogen (secondary N) is 3. The maximum Gasteiger partial charge on any atom is 0.247 e. The molecule has 3 heterocycles. The summed E-state index contributed by atoms with van der Waals surface area (Å²) in [6.07, 6.45) is 2.79. The second-order valence-corrected chi connectivity index (χ2v) is 10.5. The first-order chi connectivity index (χ1) is 20.2. The first-order valence-corrected chi connectivity index (χ1v) is 13.9. The molecular weight excluding hydrogens is 579 g/mol. The summed E-state index contributed by atoms with van der Waals surface area (Å²) in [5.74, 6) is 0.303. The van der Waals surface area contributed by atoms with Crippen LogP contribution in [-0.2, 0) is 4.79 Å². The molecule has 10 nitrogen and oxygen atoms in total. The number of aromatic nitrogens is 2. The molecule has 0 aliphatic carbocycles. The molecule has 1 aliphatic heterocycles. The van der Waals surface area contributed by atoms with Crippen molar-refractivity contribution in [3.8, 4) is 11.5 Å². The number of carbonyl (C=O) groups excluding carboxylic acids is 2. The van der Waals surface area contributed by atoms with E-state index in [2.05, 4.69) is 44.0 Å². The lowest BCUT2D eigenvalue weighted by Gasteiger charge is -2.34. The number of fused-ring (bicyclic) bond motifs is 1. The maximum absolute atomic E-state index is 13.6. The summed E-state index contributed by atoms with van der Waals surface area (Å²) in [6.45, 7) is 7.28. The Labute approximate surface area is 253 Å². The van der Waals surface area contributed by atoms with Gasteiger partial charge in [0.15, 0.2) is 5.78 Å². The van der Waals surface area contributed by atoms with Gasteiger partial charge in [0.25, 0.3) is 0 Å². The number of anilines is 4. The molecule has 0 spiro atoms. The Balaban J connectivity index is 1.45. The molecule has 2 aromatic heterocycles. The zero-order chi connectivity index (χ0) is 30.0. The molecule has 1 fully saturated rings. The average molecular weight is 610 g/mol. The highest BCUT2D eigenvalue weighted by Gasteiger charge is 2.26. The molecule has 1 saturated heterocycles. The van der Waals surface area contributed by atoms with Crippen molar-refractivity contribution < 1.29 is 19.1 Å². The van der Waals surface area contributed by atoms with Crippen molar-refractivity contribution in [1.29, 1.82) is 0 Å². The number of hydrogen-bond acceptors (Lipinski definition) is 8. The third-order valence-corrected chi connectivity index (χ3v) is 7.91. The zero-order valence-electron chi connectivity index (χ0n) is 23.4. The number of ether oxygens (including phenoxy) is 2. The van der Waals surface area contributed by atoms with Crippen LogP contribution in [0.15, 0.2) is 55.3 Å². The number of H-pyrrole nitrogens is 1. The minimum absolute atomic E-state index is 0.0701. The van der Waals surface area contributed by atoms with Crippen molar-refractivity contribution >= 4 is 68.8 Å². The number of amides is 1. The van der Waals surface area contributed by atoms with Crippen LogP contribution < -0.4 is 25.0 Å². The smallest absolute Gasteiger partial charge is 0.247 e. The second-order valence-electron chi connectivity index (χ2n) is 9.75. The number of hydrogen-bond donors (Lipinski definition) is 3. The Bertz CT molecular complexity index is 1650. The van der Waals surface area contributed by atoms with Crippen LogP contribution >= 0.6 is 23.2 Å². The van der Waals surface area contributed by atoms with Gasteiger partial charge >= 0.3 is 0 Å². The van der Waals surface area contributed by atoms with E-state index in [0.717, 1.165) is 31.9 Å². The number of aromatic amines is 1. The highest BCUT2D eigenvalue weighted by Crippen LogP contribution is 2.42. The molecule has 218 valence electrons. The van der Waals surface area contributed by atoms with Crippen LogP contribution in [0.1, 0.15) is 15.9 Å². The predicted octanol–water partition coefficient (Wildman–Crippen LogP) is 5.74. The van der Waals surface area contributed by atoms with Crippen molar-refractivity contribution in [3.05, 3.63) is 76.4 Å². The SMILES string of the molecule is C=CC(=O)Nc1cc(N2CCN(C)CC2)ccc1Nc1ccc2c(C(=O)c3c(Cl)c(OC)cc(OC)c3Cl)c[nH]c2n1. The Morgan fingerprint density at radius 2 is 1.69 bits per heavy atom. The van der Waals surface area contributed by atoms with E-state index in [-0.39, 0.29) is 33.0 Å². The fourth-order valence-corrected chi connectivity index (χ4v) is 5.48. The Hall–Kier alpha value is -4.25. The van der Waals surface area contributed by atoms with Gasteiger partial charge < -0.3 is 34.9 Å². The Kier molecular flexibility index (Phi) is 8.58. The third-order valence-electron chi connectivity index (χ3n) is 7.16. The summed E-state index contributed by atoms with van der Waals surface area (Å²) in [7, 11) is 5.00. The molecule has 0 unspecified atom stereocenters. The van der Waals surface area contributed by atoms with E-state index < -0.39 is 5.78 Å². The van der Waals surface area contributed by atoms with E-state index in [1.54, 1.807) is 18.3 Å². The molecule has 0 atom stereocenters. The number of carbonyl (C=O) groups is 2. The third kappa shape index (κ3) is 5.74. The molecule has 5 rings (SSSR count). The Morgan fingerprint density at radius 1 is 1.00 bits per heavy atom. The molecule has 0 radical (unpaired) electrons. The van der Waals surface area contributed by atoms with Crippen LogP contribution in [0.4, 0.5) is 22.9 Å². The zero-order valence-corrected chi connectivity index (χ0v) is 24.9. The first kappa shape index (κ1) is 29.2. The van der Waals surface area contributed by atoms with E-state index in [9.17, 15) is 9.59 Å². The topological polar surface area (TPSA) is 112 Å². The van der Waals surface area contributed by atoms with Crippen LogP contribution in [0.25, 0.3) is 11.0 Å². The fourth-order valence-electron chi connectivity index (χ4n) is 4.81. The van der Waals surface area contributed by atoms with Crippen molar-refractivity contribution in [3.63, 3.8) is 0 Å². The van der Waals surface area contributed by atoms with Crippen LogP contribution in [0.5, 0.6) is 11.5 Å². The van der Waals surface area contributed by atoms with Crippen molar-refractivity contribution in [1.82, 2.24) is 14.9 Å². The number of ketones is 1. The summed E-state index contributed by atoms with van der Waals surface area (Å²) in [5, 5.41) is 6.92. The van der Waals surface area contributed by atoms with Gasteiger partial charge in [-0.05, 0) is 43.5 Å². The van der Waals surface area contributed by atoms with E-state index in [1.807, 2.05) is 18.2 Å². The van der Waals surface area contributed by atoms with Gasteiger partial charge in [0, 0.05) is 55.1 Å². The lowest BCUT2D eigenvalue weighted by molar-refractivity contribution is -0.111. The molecule has 0 bridgehead atoms. The summed E-state index contributed by atoms with van der Waals surface area (Å²) in [6, 6.07) is 10.9. The van der Waals surface area contributed by atoms with Gasteiger partial charge in [-0.1, -0.05) is 29.8 Å². The normalized spacial score (nSPS) is 13.6. The number of methoxy groups -OCH3 is 2. The van der Waals surface area contributed by atoms with Gasteiger partial charge in [0.2, 0.25) is 5.91 Å².